The van der Waals surface area contributed by atoms with Crippen LogP contribution in [0.2, 0.25) is 0 Å². The van der Waals surface area contributed by atoms with E-state index >= 15 is 0 Å². The summed E-state index contributed by atoms with van der Waals surface area (Å²) in [5, 5.41) is 0. The van der Waals surface area contributed by atoms with E-state index in [9.17, 15) is 0 Å². The van der Waals surface area contributed by atoms with E-state index in [4.69, 9.17) is 5.84 Å². The van der Waals surface area contributed by atoms with Crippen molar-refractivity contribution in [2.45, 2.75) is 63.5 Å². The number of hydrogen-bond acceptors (Lipinski definition) is 3. The molecule has 1 fully saturated rings. The summed E-state index contributed by atoms with van der Waals surface area (Å²) in [6, 6.07) is 9.17. The van der Waals surface area contributed by atoms with E-state index in [1.54, 1.807) is 0 Å². The molecular formula is C18H31N3. The number of nitrogens with zero attached hydrogens (tertiary/aromatic N) is 1. The van der Waals surface area contributed by atoms with E-state index in [0.29, 0.717) is 0 Å². The zero-order valence-corrected chi connectivity index (χ0v) is 13.9. The molecule has 0 aliphatic heterocycles. The molecule has 2 rings (SSSR count). The first-order valence-electron chi connectivity index (χ1n) is 8.36. The fourth-order valence-electron chi connectivity index (χ4n) is 3.94. The van der Waals surface area contributed by atoms with Gasteiger partial charge in [0.25, 0.3) is 0 Å². The average molecular weight is 289 g/mol. The highest BCUT2D eigenvalue weighted by Gasteiger charge is 2.42. The Hall–Kier alpha value is -0.900. The van der Waals surface area contributed by atoms with Gasteiger partial charge in [-0.1, -0.05) is 56.9 Å². The summed E-state index contributed by atoms with van der Waals surface area (Å²) in [5.74, 6) is 6.01. The molecule has 1 saturated carbocycles. The van der Waals surface area contributed by atoms with E-state index in [1.165, 1.54) is 49.7 Å². The molecule has 1 aliphatic rings. The molecule has 1 aromatic carbocycles. The lowest BCUT2D eigenvalue weighted by molar-refractivity contribution is 0.0564. The van der Waals surface area contributed by atoms with Crippen LogP contribution in [0.1, 0.15) is 62.6 Å². The molecule has 0 bridgehead atoms. The van der Waals surface area contributed by atoms with Gasteiger partial charge in [0.2, 0.25) is 0 Å². The van der Waals surface area contributed by atoms with Gasteiger partial charge in [-0.3, -0.25) is 11.3 Å². The topological polar surface area (TPSA) is 41.3 Å². The zero-order valence-electron chi connectivity index (χ0n) is 13.9. The van der Waals surface area contributed by atoms with Crippen molar-refractivity contribution in [3.05, 3.63) is 35.4 Å². The van der Waals surface area contributed by atoms with E-state index in [0.717, 1.165) is 6.42 Å². The molecule has 3 nitrogen and oxygen atoms in total. The van der Waals surface area contributed by atoms with Crippen molar-refractivity contribution in [2.24, 2.45) is 5.84 Å². The van der Waals surface area contributed by atoms with E-state index in [2.05, 4.69) is 55.6 Å². The third-order valence-electron chi connectivity index (χ3n) is 5.14. The summed E-state index contributed by atoms with van der Waals surface area (Å²) >= 11 is 0. The molecule has 0 spiro atoms. The van der Waals surface area contributed by atoms with Gasteiger partial charge in [-0.05, 0) is 44.5 Å². The minimum absolute atomic E-state index is 0.137. The minimum Gasteiger partial charge on any atom is -0.302 e. The summed E-state index contributed by atoms with van der Waals surface area (Å²) in [6.07, 6.45) is 8.70. The van der Waals surface area contributed by atoms with Crippen LogP contribution in [0.3, 0.4) is 0 Å². The van der Waals surface area contributed by atoms with E-state index < -0.39 is 0 Å². The van der Waals surface area contributed by atoms with Crippen molar-refractivity contribution in [1.82, 2.24) is 10.3 Å². The normalized spacial score (nSPS) is 19.7. The lowest BCUT2D eigenvalue weighted by Gasteiger charge is -2.48. The Morgan fingerprint density at radius 1 is 1.24 bits per heavy atom. The van der Waals surface area contributed by atoms with Crippen molar-refractivity contribution in [1.29, 1.82) is 0 Å². The Kier molecular flexibility index (Phi) is 5.80. The number of nitrogens with one attached hydrogen (secondary N) is 1. The number of hydrogen-bond donors (Lipinski definition) is 2. The van der Waals surface area contributed by atoms with Crippen LogP contribution in [0.25, 0.3) is 0 Å². The maximum Gasteiger partial charge on any atom is 0.0643 e. The van der Waals surface area contributed by atoms with Gasteiger partial charge in [0, 0.05) is 5.54 Å². The first-order valence-corrected chi connectivity index (χ1v) is 8.36. The molecule has 0 radical (unpaired) electrons. The second-order valence-corrected chi connectivity index (χ2v) is 6.65. The van der Waals surface area contributed by atoms with Crippen LogP contribution in [-0.4, -0.2) is 24.5 Å². The van der Waals surface area contributed by atoms with Crippen LogP contribution < -0.4 is 11.3 Å². The third-order valence-corrected chi connectivity index (χ3v) is 5.14. The predicted octanol–water partition coefficient (Wildman–Crippen LogP) is 3.41. The first-order chi connectivity index (χ1) is 10.1. The fourth-order valence-corrected chi connectivity index (χ4v) is 3.94. The second-order valence-electron chi connectivity index (χ2n) is 6.65. The maximum absolute atomic E-state index is 6.01. The quantitative estimate of drug-likeness (QED) is 0.623. The molecule has 0 aromatic heterocycles. The highest BCUT2D eigenvalue weighted by atomic mass is 15.3. The second kappa shape index (κ2) is 7.39. The lowest BCUT2D eigenvalue weighted by atomic mass is 9.73. The Morgan fingerprint density at radius 2 is 1.95 bits per heavy atom. The number of likely N-dealkylation sites (N-methyl/N-ethyl adjacent to an activating group) is 1. The van der Waals surface area contributed by atoms with Crippen molar-refractivity contribution >= 4 is 0 Å². The molecule has 3 N–H and O–H groups in total. The molecule has 3 heteroatoms. The maximum atomic E-state index is 6.01. The molecule has 1 aromatic rings. The summed E-state index contributed by atoms with van der Waals surface area (Å²) in [4.78, 5) is 2.39. The minimum atomic E-state index is 0.137. The van der Waals surface area contributed by atoms with Gasteiger partial charge in [-0.15, -0.1) is 0 Å². The number of benzene rings is 1. The van der Waals surface area contributed by atoms with Gasteiger partial charge in [0.1, 0.15) is 0 Å². The molecule has 1 atom stereocenters. The zero-order chi connectivity index (χ0) is 15.3. The fraction of sp³-hybridized carbons (Fsp3) is 0.667. The summed E-state index contributed by atoms with van der Waals surface area (Å²) in [5.41, 5.74) is 6.02. The van der Waals surface area contributed by atoms with Crippen LogP contribution in [-0.2, 0) is 6.42 Å². The van der Waals surface area contributed by atoms with Crippen molar-refractivity contribution in [3.8, 4) is 0 Å². The van der Waals surface area contributed by atoms with Crippen LogP contribution in [0.15, 0.2) is 24.3 Å². The van der Waals surface area contributed by atoms with Crippen molar-refractivity contribution in [2.75, 3.05) is 14.1 Å². The van der Waals surface area contributed by atoms with E-state index in [1.807, 2.05) is 0 Å². The Balaban J connectivity index is 2.34. The average Bonchev–Trinajstić information content (AvgIpc) is 2.49. The molecular weight excluding hydrogens is 258 g/mol. The molecule has 0 amide bonds. The van der Waals surface area contributed by atoms with Gasteiger partial charge < -0.3 is 4.90 Å². The SMILES string of the molecule is CCCc1cccc(C(NN)C2(N(C)C)CCCCC2)c1. The largest absolute Gasteiger partial charge is 0.302 e. The smallest absolute Gasteiger partial charge is 0.0643 e. The number of aryl methyl sites for hydroxylation is 1. The number of hydrazine groups is 1. The van der Waals surface area contributed by atoms with Gasteiger partial charge in [-0.25, -0.2) is 0 Å². The molecule has 1 unspecified atom stereocenters. The number of rotatable bonds is 6. The molecule has 0 saturated heterocycles. The Morgan fingerprint density at radius 3 is 2.52 bits per heavy atom. The summed E-state index contributed by atoms with van der Waals surface area (Å²) in [6.45, 7) is 2.23. The summed E-state index contributed by atoms with van der Waals surface area (Å²) in [7, 11) is 4.40. The first kappa shape index (κ1) is 16.5. The summed E-state index contributed by atoms with van der Waals surface area (Å²) < 4.78 is 0. The van der Waals surface area contributed by atoms with Gasteiger partial charge >= 0.3 is 0 Å². The molecule has 0 heterocycles. The Labute approximate surface area is 129 Å². The molecule has 21 heavy (non-hydrogen) atoms. The van der Waals surface area contributed by atoms with E-state index in [-0.39, 0.29) is 11.6 Å². The van der Waals surface area contributed by atoms with Crippen LogP contribution >= 0.6 is 0 Å². The highest BCUT2D eigenvalue weighted by molar-refractivity contribution is 5.29. The standard InChI is InChI=1S/C18H31N3/c1-4-9-15-10-8-11-16(14-15)17(20-19)18(21(2)3)12-6-5-7-13-18/h8,10-11,14,17,20H,4-7,9,12-13,19H2,1-3H3. The van der Waals surface area contributed by atoms with Gasteiger partial charge in [0.05, 0.1) is 6.04 Å². The third kappa shape index (κ3) is 3.47. The van der Waals surface area contributed by atoms with Crippen LogP contribution in [0.4, 0.5) is 0 Å². The molecule has 118 valence electrons. The van der Waals surface area contributed by atoms with Crippen molar-refractivity contribution < 1.29 is 0 Å². The predicted molar refractivity (Wildman–Crippen MR) is 90.0 cm³/mol. The van der Waals surface area contributed by atoms with Crippen molar-refractivity contribution in [3.63, 3.8) is 0 Å². The number of nitrogens with two attached hydrogens (primary N) is 1. The monoisotopic (exact) mass is 289 g/mol. The highest BCUT2D eigenvalue weighted by Crippen LogP contribution is 2.41. The van der Waals surface area contributed by atoms with Gasteiger partial charge in [-0.2, -0.15) is 0 Å². The van der Waals surface area contributed by atoms with Gasteiger partial charge in [0.15, 0.2) is 0 Å². The molecule has 1 aliphatic carbocycles. The Bertz CT molecular complexity index is 436. The lowest BCUT2D eigenvalue weighted by Crippen LogP contribution is -2.56. The van der Waals surface area contributed by atoms with Crippen LogP contribution in [0, 0.1) is 0 Å². The van der Waals surface area contributed by atoms with Crippen LogP contribution in [0.5, 0.6) is 0 Å².